The molecule has 7 heterocycles. The van der Waals surface area contributed by atoms with Crippen LogP contribution in [0.5, 0.6) is 0 Å². The van der Waals surface area contributed by atoms with E-state index in [1.807, 2.05) is 11.8 Å². The van der Waals surface area contributed by atoms with Gasteiger partial charge in [0, 0.05) is 51.9 Å². The molecule has 11 atom stereocenters. The second kappa shape index (κ2) is 26.7. The first-order chi connectivity index (χ1) is 37.2. The third kappa shape index (κ3) is 13.5. The van der Waals surface area contributed by atoms with Gasteiger partial charge in [0.25, 0.3) is 5.91 Å². The van der Waals surface area contributed by atoms with Gasteiger partial charge in [-0.2, -0.15) is 0 Å². The smallest absolute Gasteiger partial charge is 0.281 e. The standard InChI is InChI=1S/C51H83N15O12/c1-29-11-4-20-60(29)47(75)36-15-8-24-64(36)45(73)31(12-3-19-56-51(54)55)57-42(70)34-13-5-21-61(34)49(77)39-18-10-26-66(39)50(78)38-17-9-25-65(38)46(74)32(27-40(53)68)58-41(69)33(28-67)59-43(71)35-14-6-22-62(35)48(76)37-16-7-23-63(37)44(72)30(2)52/h29-39,51,56,67H,3-28,52,54-55H2,1-2H3,(H2,53,68)(H,57,70)(H,58,69)(H,59,71)/p+1/t29-,30+,31+,32+,33+,34+,35+,36+,37+,38+,39+/m1/s1. The van der Waals surface area contributed by atoms with Crippen molar-refractivity contribution in [3.8, 4) is 0 Å². The summed E-state index contributed by atoms with van der Waals surface area (Å²) in [5.74, 6) is -6.22. The summed E-state index contributed by atoms with van der Waals surface area (Å²) in [5.41, 5.74) is 20.7. The highest BCUT2D eigenvalue weighted by molar-refractivity contribution is 6.00. The van der Waals surface area contributed by atoms with Crippen molar-refractivity contribution in [2.75, 3.05) is 59.0 Å². The molecule has 7 aliphatic rings. The van der Waals surface area contributed by atoms with Crippen LogP contribution in [0.1, 0.15) is 123 Å². The minimum atomic E-state index is -1.63. The number of carbonyl (C=O) groups excluding carboxylic acids is 11. The molecule has 0 aliphatic carbocycles. The van der Waals surface area contributed by atoms with Crippen LogP contribution in [0.3, 0.4) is 0 Å². The van der Waals surface area contributed by atoms with Gasteiger partial charge in [0.1, 0.15) is 60.7 Å². The van der Waals surface area contributed by atoms with Gasteiger partial charge in [0.05, 0.1) is 13.0 Å². The molecule has 0 aromatic heterocycles. The normalized spacial score (nSPS) is 26.8. The number of primary amides is 1. The molecule has 7 rings (SSSR count). The summed E-state index contributed by atoms with van der Waals surface area (Å²) in [6, 6.07) is -10.2. The van der Waals surface area contributed by atoms with Gasteiger partial charge in [-0.15, -0.1) is 0 Å². The summed E-state index contributed by atoms with van der Waals surface area (Å²) < 4.78 is 0. The van der Waals surface area contributed by atoms with Crippen molar-refractivity contribution in [2.45, 2.75) is 196 Å². The fourth-order valence-electron chi connectivity index (χ4n) is 12.7. The van der Waals surface area contributed by atoms with Gasteiger partial charge in [0.15, 0.2) is 6.04 Å². The molecular formula is C51H84N15O12+. The number of amides is 11. The number of quaternary nitrogens is 1. The molecular weight excluding hydrogens is 1010 g/mol. The van der Waals surface area contributed by atoms with Crippen molar-refractivity contribution in [2.24, 2.45) is 17.2 Å². The number of carbonyl (C=O) groups is 11. The Kier molecular flexibility index (Phi) is 20.4. The highest BCUT2D eigenvalue weighted by Crippen LogP contribution is 2.31. The fraction of sp³-hybridized carbons (Fsp3) is 0.784. The Balaban J connectivity index is 0.982. The Bertz CT molecular complexity index is 2270. The average molecular weight is 1100 g/mol. The number of aliphatic hydroxyl groups is 1. The van der Waals surface area contributed by atoms with E-state index in [2.05, 4.69) is 27.0 Å². The molecule has 27 heteroatoms. The Morgan fingerprint density at radius 2 is 0.885 bits per heavy atom. The molecule has 11 amide bonds. The Labute approximate surface area is 454 Å². The maximum absolute atomic E-state index is 14.6. The Hall–Kier alpha value is -6.03. The molecule has 0 aromatic carbocycles. The predicted octanol–water partition coefficient (Wildman–Crippen LogP) is -5.53. The topological polar surface area (TPSA) is 384 Å². The van der Waals surface area contributed by atoms with Crippen molar-refractivity contribution >= 4 is 65.0 Å². The SMILES string of the molecule is C[C@H]([NH3+])C(=O)N1CCC[C@H]1C(=O)N1CCC[C@H]1C(=O)N[C@@H](CO)C(=O)N[C@@H](CC(N)=O)C(=O)N1CCC[C@H]1C(=O)N1CCC[C@H]1C(=O)N1CCC[C@H]1C(=O)N[C@@H](CCCNC(N)N)C(=O)N1CCC[C@H]1C(=O)N1CCC[C@H]1C. The van der Waals surface area contributed by atoms with Crippen molar-refractivity contribution in [3.05, 3.63) is 0 Å². The number of likely N-dealkylation sites (tertiary alicyclic amines) is 7. The van der Waals surface area contributed by atoms with E-state index >= 15 is 0 Å². The van der Waals surface area contributed by atoms with Crippen molar-refractivity contribution < 1.29 is 63.6 Å². The molecule has 0 aromatic rings. The van der Waals surface area contributed by atoms with E-state index in [9.17, 15) is 57.8 Å². The lowest BCUT2D eigenvalue weighted by Gasteiger charge is -2.35. The van der Waals surface area contributed by atoms with E-state index in [1.54, 1.807) is 11.8 Å². The molecule has 27 nitrogen and oxygen atoms in total. The zero-order valence-electron chi connectivity index (χ0n) is 45.3. The summed E-state index contributed by atoms with van der Waals surface area (Å²) >= 11 is 0. The van der Waals surface area contributed by atoms with Gasteiger partial charge in [-0.1, -0.05) is 0 Å². The summed E-state index contributed by atoms with van der Waals surface area (Å²) in [7, 11) is 0. The van der Waals surface area contributed by atoms with E-state index in [1.165, 1.54) is 24.5 Å². The second-order valence-electron chi connectivity index (χ2n) is 22.2. The van der Waals surface area contributed by atoms with Crippen LogP contribution in [0.15, 0.2) is 0 Å². The second-order valence-corrected chi connectivity index (χ2v) is 22.2. The van der Waals surface area contributed by atoms with Gasteiger partial charge in [0.2, 0.25) is 59.1 Å². The first-order valence-corrected chi connectivity index (χ1v) is 28.2. The number of hydrogen-bond donors (Lipinski definition) is 9. The third-order valence-electron chi connectivity index (χ3n) is 16.7. The van der Waals surface area contributed by atoms with Crippen LogP contribution in [-0.2, 0) is 52.7 Å². The summed E-state index contributed by atoms with van der Waals surface area (Å²) in [6.07, 6.45) is 5.89. The van der Waals surface area contributed by atoms with Crippen LogP contribution in [0, 0.1) is 0 Å². The summed E-state index contributed by atoms with van der Waals surface area (Å²) in [6.45, 7) is 5.13. The minimum absolute atomic E-state index is 0.0588. The zero-order chi connectivity index (χ0) is 56.5. The largest absolute Gasteiger partial charge is 0.394 e. The maximum atomic E-state index is 14.6. The maximum Gasteiger partial charge on any atom is 0.281 e. The molecule has 7 saturated heterocycles. The van der Waals surface area contributed by atoms with Crippen LogP contribution in [0.4, 0.5) is 0 Å². The molecule has 434 valence electrons. The average Bonchev–Trinajstić information content (AvgIpc) is 4.34. The quantitative estimate of drug-likeness (QED) is 0.0383. The molecule has 0 spiro atoms. The molecule has 14 N–H and O–H groups in total. The summed E-state index contributed by atoms with van der Waals surface area (Å²) in [4.78, 5) is 163. The molecule has 0 radical (unpaired) electrons. The van der Waals surface area contributed by atoms with Gasteiger partial charge >= 0.3 is 0 Å². The van der Waals surface area contributed by atoms with Crippen LogP contribution < -0.4 is 44.2 Å². The Morgan fingerprint density at radius 1 is 0.513 bits per heavy atom. The zero-order valence-corrected chi connectivity index (χ0v) is 45.3. The monoisotopic (exact) mass is 1100 g/mol. The van der Waals surface area contributed by atoms with Crippen molar-refractivity contribution in [3.63, 3.8) is 0 Å². The lowest BCUT2D eigenvalue weighted by atomic mass is 10.1. The first kappa shape index (κ1) is 59.6. The van der Waals surface area contributed by atoms with Crippen LogP contribution in [-0.4, -0.2) is 236 Å². The number of nitrogens with two attached hydrogens (primary N) is 3. The lowest BCUT2D eigenvalue weighted by Crippen LogP contribution is -2.67. The van der Waals surface area contributed by atoms with E-state index in [0.717, 1.165) is 12.8 Å². The summed E-state index contributed by atoms with van der Waals surface area (Å²) in [5, 5.41) is 21.1. The van der Waals surface area contributed by atoms with Crippen molar-refractivity contribution in [1.29, 1.82) is 0 Å². The van der Waals surface area contributed by atoms with E-state index in [0.29, 0.717) is 90.4 Å². The predicted molar refractivity (Wildman–Crippen MR) is 277 cm³/mol. The van der Waals surface area contributed by atoms with E-state index in [-0.39, 0.29) is 75.6 Å². The number of aliphatic hydroxyl groups excluding tert-OH is 1. The van der Waals surface area contributed by atoms with Crippen LogP contribution >= 0.6 is 0 Å². The highest BCUT2D eigenvalue weighted by Gasteiger charge is 2.49. The Morgan fingerprint density at radius 3 is 1.31 bits per heavy atom. The number of nitrogens with one attached hydrogen (secondary N) is 4. The van der Waals surface area contributed by atoms with Gasteiger partial charge in [-0.25, -0.2) is 0 Å². The molecule has 0 unspecified atom stereocenters. The van der Waals surface area contributed by atoms with Crippen LogP contribution in [0.25, 0.3) is 0 Å². The number of nitrogens with zero attached hydrogens (tertiary/aromatic N) is 7. The molecule has 78 heavy (non-hydrogen) atoms. The van der Waals surface area contributed by atoms with Crippen molar-refractivity contribution in [1.82, 2.24) is 55.6 Å². The minimum Gasteiger partial charge on any atom is -0.394 e. The van der Waals surface area contributed by atoms with Gasteiger partial charge in [-0.05, 0) is 123 Å². The molecule has 0 saturated carbocycles. The third-order valence-corrected chi connectivity index (χ3v) is 16.7. The molecule has 0 bridgehead atoms. The van der Waals surface area contributed by atoms with Gasteiger partial charge < -0.3 is 78.3 Å². The van der Waals surface area contributed by atoms with Crippen LogP contribution in [0.2, 0.25) is 0 Å². The number of hydrogen-bond acceptors (Lipinski definition) is 15. The molecule has 7 fully saturated rings. The molecule has 7 aliphatic heterocycles. The van der Waals surface area contributed by atoms with E-state index < -0.39 is 127 Å². The highest BCUT2D eigenvalue weighted by atomic mass is 16.3. The fourth-order valence-corrected chi connectivity index (χ4v) is 12.7. The lowest BCUT2D eigenvalue weighted by molar-refractivity contribution is -0.400. The van der Waals surface area contributed by atoms with Gasteiger partial charge in [-0.3, -0.25) is 58.1 Å². The first-order valence-electron chi connectivity index (χ1n) is 28.2. The number of rotatable bonds is 21. The van der Waals surface area contributed by atoms with E-state index in [4.69, 9.17) is 17.2 Å².